The number of halogens is 2. The second-order valence-corrected chi connectivity index (χ2v) is 5.44. The lowest BCUT2D eigenvalue weighted by atomic mass is 9.78. The van der Waals surface area contributed by atoms with Crippen LogP contribution in [-0.4, -0.2) is 6.10 Å². The third-order valence-corrected chi connectivity index (χ3v) is 3.94. The molecule has 0 aliphatic heterocycles. The van der Waals surface area contributed by atoms with Gasteiger partial charge in [-0.15, -0.1) is 0 Å². The summed E-state index contributed by atoms with van der Waals surface area (Å²) in [5.74, 6) is -1.12. The van der Waals surface area contributed by atoms with E-state index < -0.39 is 11.6 Å². The highest BCUT2D eigenvalue weighted by Crippen LogP contribution is 2.34. The fourth-order valence-corrected chi connectivity index (χ4v) is 2.89. The molecule has 2 rings (SSSR count). The van der Waals surface area contributed by atoms with Crippen molar-refractivity contribution in [2.45, 2.75) is 45.1 Å². The highest BCUT2D eigenvalue weighted by atomic mass is 19.2. The first-order valence-electron chi connectivity index (χ1n) is 7.15. The molecule has 1 aromatic rings. The first-order chi connectivity index (χ1) is 9.63. The number of hydrogen-bond donors (Lipinski definition) is 0. The van der Waals surface area contributed by atoms with Crippen molar-refractivity contribution in [3.05, 3.63) is 29.8 Å². The van der Waals surface area contributed by atoms with E-state index in [2.05, 4.69) is 13.0 Å². The maximum absolute atomic E-state index is 13.2. The summed E-state index contributed by atoms with van der Waals surface area (Å²) < 4.78 is 31.8. The van der Waals surface area contributed by atoms with Crippen molar-refractivity contribution in [3.63, 3.8) is 0 Å². The molecule has 108 valence electrons. The van der Waals surface area contributed by atoms with Gasteiger partial charge in [0.15, 0.2) is 11.6 Å². The second-order valence-electron chi connectivity index (χ2n) is 5.44. The van der Waals surface area contributed by atoms with Crippen molar-refractivity contribution in [3.8, 4) is 11.8 Å². The van der Waals surface area contributed by atoms with Crippen molar-refractivity contribution in [2.75, 3.05) is 0 Å². The average molecular weight is 279 g/mol. The molecule has 0 heterocycles. The molecule has 1 saturated carbocycles. The van der Waals surface area contributed by atoms with E-state index in [1.807, 2.05) is 0 Å². The first-order valence-corrected chi connectivity index (χ1v) is 7.15. The number of benzene rings is 1. The minimum absolute atomic E-state index is 0.170. The number of nitrogens with zero attached hydrogens (tertiary/aromatic N) is 1. The predicted octanol–water partition coefficient (Wildman–Crippen LogP) is 4.45. The molecule has 0 bridgehead atoms. The van der Waals surface area contributed by atoms with Crippen LogP contribution in [0.15, 0.2) is 18.2 Å². The van der Waals surface area contributed by atoms with Gasteiger partial charge in [0.25, 0.3) is 0 Å². The minimum Gasteiger partial charge on any atom is -0.489 e. The van der Waals surface area contributed by atoms with Crippen LogP contribution in [0.5, 0.6) is 5.75 Å². The molecule has 0 radical (unpaired) electrons. The Morgan fingerprint density at radius 3 is 2.75 bits per heavy atom. The first kappa shape index (κ1) is 14.8. The Kier molecular flexibility index (Phi) is 4.94. The van der Waals surface area contributed by atoms with E-state index in [-0.39, 0.29) is 12.0 Å². The lowest BCUT2D eigenvalue weighted by Gasteiger charge is -2.33. The van der Waals surface area contributed by atoms with Crippen LogP contribution in [-0.2, 0) is 0 Å². The van der Waals surface area contributed by atoms with Gasteiger partial charge in [-0.2, -0.15) is 5.26 Å². The maximum Gasteiger partial charge on any atom is 0.162 e. The Hall–Kier alpha value is -1.63. The Morgan fingerprint density at radius 2 is 2.10 bits per heavy atom. The van der Waals surface area contributed by atoms with E-state index in [1.165, 1.54) is 6.07 Å². The summed E-state index contributed by atoms with van der Waals surface area (Å²) in [6.07, 6.45) is 4.68. The number of rotatable bonds is 4. The second kappa shape index (κ2) is 6.69. The van der Waals surface area contributed by atoms with Crippen molar-refractivity contribution in [1.82, 2.24) is 0 Å². The summed E-state index contributed by atoms with van der Waals surface area (Å²) in [4.78, 5) is 0. The molecule has 1 fully saturated rings. The van der Waals surface area contributed by atoms with Crippen LogP contribution < -0.4 is 4.74 Å². The van der Waals surface area contributed by atoms with Crippen LogP contribution >= 0.6 is 0 Å². The Balaban J connectivity index is 2.07. The monoisotopic (exact) mass is 279 g/mol. The number of ether oxygens (including phenoxy) is 1. The van der Waals surface area contributed by atoms with Crippen molar-refractivity contribution >= 4 is 0 Å². The molecule has 4 heteroatoms. The summed E-state index contributed by atoms with van der Waals surface area (Å²) in [6.45, 7) is 2.14. The lowest BCUT2D eigenvalue weighted by molar-refractivity contribution is 0.0871. The fourth-order valence-electron chi connectivity index (χ4n) is 2.89. The summed E-state index contributed by atoms with van der Waals surface area (Å²) in [5, 5.41) is 9.19. The molecule has 2 nitrogen and oxygen atoms in total. The zero-order valence-electron chi connectivity index (χ0n) is 11.6. The zero-order chi connectivity index (χ0) is 14.5. The van der Waals surface area contributed by atoms with E-state index in [9.17, 15) is 14.0 Å². The third-order valence-electron chi connectivity index (χ3n) is 3.94. The maximum atomic E-state index is 13.2. The molecule has 1 aliphatic carbocycles. The van der Waals surface area contributed by atoms with E-state index in [0.29, 0.717) is 11.7 Å². The molecule has 1 aliphatic rings. The molecule has 3 unspecified atom stereocenters. The van der Waals surface area contributed by atoms with Gasteiger partial charge in [-0.25, -0.2) is 8.78 Å². The SMILES string of the molecule is CCCC1CCC(C#N)C(Oc2ccc(F)c(F)c2)C1. The van der Waals surface area contributed by atoms with Gasteiger partial charge in [-0.05, 0) is 37.3 Å². The Bertz CT molecular complexity index is 498. The largest absolute Gasteiger partial charge is 0.489 e. The molecule has 0 amide bonds. The third kappa shape index (κ3) is 3.47. The summed E-state index contributed by atoms with van der Waals surface area (Å²) >= 11 is 0. The summed E-state index contributed by atoms with van der Waals surface area (Å²) in [7, 11) is 0. The van der Waals surface area contributed by atoms with Crippen molar-refractivity contribution in [1.29, 1.82) is 5.26 Å². The van der Waals surface area contributed by atoms with Gasteiger partial charge in [0.05, 0.1) is 12.0 Å². The highest BCUT2D eigenvalue weighted by Gasteiger charge is 2.31. The van der Waals surface area contributed by atoms with Gasteiger partial charge in [0.1, 0.15) is 11.9 Å². The minimum atomic E-state index is -0.920. The van der Waals surface area contributed by atoms with Gasteiger partial charge >= 0.3 is 0 Å². The van der Waals surface area contributed by atoms with Crippen molar-refractivity contribution in [2.24, 2.45) is 11.8 Å². The average Bonchev–Trinajstić information content (AvgIpc) is 2.44. The number of nitriles is 1. The van der Waals surface area contributed by atoms with Gasteiger partial charge in [-0.3, -0.25) is 0 Å². The van der Waals surface area contributed by atoms with Crippen LogP contribution in [0.1, 0.15) is 39.0 Å². The normalized spacial score (nSPS) is 26.0. The molecule has 3 atom stereocenters. The Labute approximate surface area is 118 Å². The zero-order valence-corrected chi connectivity index (χ0v) is 11.6. The number of hydrogen-bond acceptors (Lipinski definition) is 2. The quantitative estimate of drug-likeness (QED) is 0.815. The van der Waals surface area contributed by atoms with Crippen LogP contribution in [0, 0.1) is 34.8 Å². The molecular weight excluding hydrogens is 260 g/mol. The Morgan fingerprint density at radius 1 is 1.30 bits per heavy atom. The van der Waals surface area contributed by atoms with Gasteiger partial charge < -0.3 is 4.74 Å². The highest BCUT2D eigenvalue weighted by molar-refractivity contribution is 5.24. The molecule has 20 heavy (non-hydrogen) atoms. The van der Waals surface area contributed by atoms with E-state index in [1.54, 1.807) is 0 Å². The molecule has 0 N–H and O–H groups in total. The molecule has 0 spiro atoms. The summed E-state index contributed by atoms with van der Waals surface area (Å²) in [5.41, 5.74) is 0. The van der Waals surface area contributed by atoms with Crippen LogP contribution in [0.4, 0.5) is 8.78 Å². The topological polar surface area (TPSA) is 33.0 Å². The fraction of sp³-hybridized carbons (Fsp3) is 0.562. The predicted molar refractivity (Wildman–Crippen MR) is 72.1 cm³/mol. The molecule has 0 saturated heterocycles. The van der Waals surface area contributed by atoms with E-state index in [4.69, 9.17) is 4.74 Å². The molecular formula is C16H19F2NO. The lowest BCUT2D eigenvalue weighted by Crippen LogP contribution is -2.33. The van der Waals surface area contributed by atoms with E-state index in [0.717, 1.165) is 44.2 Å². The van der Waals surface area contributed by atoms with Crippen LogP contribution in [0.25, 0.3) is 0 Å². The van der Waals surface area contributed by atoms with Crippen LogP contribution in [0.2, 0.25) is 0 Å². The van der Waals surface area contributed by atoms with Crippen molar-refractivity contribution < 1.29 is 13.5 Å². The smallest absolute Gasteiger partial charge is 0.162 e. The standard InChI is InChI=1S/C16H19F2NO/c1-2-3-11-4-5-12(10-19)16(8-11)20-13-6-7-14(17)15(18)9-13/h6-7,9,11-12,16H,2-5,8H2,1H3. The summed E-state index contributed by atoms with van der Waals surface area (Å²) in [6, 6.07) is 5.79. The van der Waals surface area contributed by atoms with E-state index >= 15 is 0 Å². The van der Waals surface area contributed by atoms with Gasteiger partial charge in [0.2, 0.25) is 0 Å². The van der Waals surface area contributed by atoms with Crippen LogP contribution in [0.3, 0.4) is 0 Å². The molecule has 1 aromatic carbocycles. The molecule has 0 aromatic heterocycles. The van der Waals surface area contributed by atoms with Gasteiger partial charge in [-0.1, -0.05) is 19.8 Å². The van der Waals surface area contributed by atoms with Gasteiger partial charge in [0, 0.05) is 6.07 Å².